The van der Waals surface area contributed by atoms with E-state index in [4.69, 9.17) is 0 Å². The first-order valence-electron chi connectivity index (χ1n) is 6.35. The van der Waals surface area contributed by atoms with Gasteiger partial charge in [0.2, 0.25) is 0 Å². The molecule has 0 radical (unpaired) electrons. The molecule has 6 heteroatoms. The number of nitrogens with one attached hydrogen (secondary N) is 3. The van der Waals surface area contributed by atoms with Gasteiger partial charge in [-0.1, -0.05) is 36.4 Å². The second-order valence-corrected chi connectivity index (χ2v) is 4.43. The Hall–Kier alpha value is -3.15. The summed E-state index contributed by atoms with van der Waals surface area (Å²) in [6.45, 7) is 0. The lowest BCUT2D eigenvalue weighted by Gasteiger charge is -2.06. The van der Waals surface area contributed by atoms with Crippen molar-refractivity contribution in [3.8, 4) is 0 Å². The minimum atomic E-state index is -0.300. The largest absolute Gasteiger partial charge is 0.338 e. The van der Waals surface area contributed by atoms with Gasteiger partial charge >= 0.3 is 0 Å². The first kappa shape index (κ1) is 12.9. The Morgan fingerprint density at radius 2 is 1.71 bits per heavy atom. The lowest BCUT2D eigenvalue weighted by Crippen LogP contribution is -2.29. The number of fused-ring (bicyclic) bond motifs is 1. The van der Waals surface area contributed by atoms with Crippen molar-refractivity contribution in [3.05, 3.63) is 65.1 Å². The Bertz CT molecular complexity index is 796. The van der Waals surface area contributed by atoms with Crippen LogP contribution >= 0.6 is 0 Å². The van der Waals surface area contributed by atoms with Gasteiger partial charge in [-0.15, -0.1) is 4.91 Å². The molecular formula is C15H12N4O2. The van der Waals surface area contributed by atoms with Crippen molar-refractivity contribution in [2.45, 2.75) is 0 Å². The summed E-state index contributed by atoms with van der Waals surface area (Å²) in [7, 11) is 0. The molecule has 104 valence electrons. The highest BCUT2D eigenvalue weighted by atomic mass is 16.3. The third-order valence-electron chi connectivity index (χ3n) is 3.11. The first-order chi connectivity index (χ1) is 10.3. The highest BCUT2D eigenvalue weighted by molar-refractivity contribution is 5.99. The van der Waals surface area contributed by atoms with Crippen molar-refractivity contribution in [2.75, 3.05) is 5.43 Å². The summed E-state index contributed by atoms with van der Waals surface area (Å²) >= 11 is 0. The average Bonchev–Trinajstić information content (AvgIpc) is 2.91. The Morgan fingerprint density at radius 3 is 2.48 bits per heavy atom. The van der Waals surface area contributed by atoms with Crippen LogP contribution in [0.15, 0.2) is 59.8 Å². The summed E-state index contributed by atoms with van der Waals surface area (Å²) < 4.78 is 0. The molecule has 1 heterocycles. The number of benzene rings is 2. The fourth-order valence-electron chi connectivity index (χ4n) is 2.09. The number of carbonyl (C=O) groups is 1. The SMILES string of the molecule is O=Nc1c(NNC(=O)c2ccccc2)[nH]c2ccccc12. The van der Waals surface area contributed by atoms with Crippen molar-refractivity contribution in [3.63, 3.8) is 0 Å². The molecule has 3 N–H and O–H groups in total. The maximum atomic E-state index is 11.9. The van der Waals surface area contributed by atoms with Gasteiger partial charge in [0.1, 0.15) is 0 Å². The molecule has 0 atom stereocenters. The minimum absolute atomic E-state index is 0.235. The van der Waals surface area contributed by atoms with Crippen LogP contribution in [0.5, 0.6) is 0 Å². The molecule has 0 bridgehead atoms. The van der Waals surface area contributed by atoms with Crippen LogP contribution in [0.4, 0.5) is 11.5 Å². The summed E-state index contributed by atoms with van der Waals surface area (Å²) in [6, 6.07) is 16.0. The number of aromatic amines is 1. The van der Waals surface area contributed by atoms with E-state index < -0.39 is 0 Å². The molecule has 0 fully saturated rings. The lowest BCUT2D eigenvalue weighted by molar-refractivity contribution is 0.0962. The number of amides is 1. The molecule has 0 spiro atoms. The summed E-state index contributed by atoms with van der Waals surface area (Å²) in [5.74, 6) is 0.0570. The Morgan fingerprint density at radius 1 is 1.00 bits per heavy atom. The normalized spacial score (nSPS) is 10.3. The first-order valence-corrected chi connectivity index (χ1v) is 6.35. The second-order valence-electron chi connectivity index (χ2n) is 4.43. The summed E-state index contributed by atoms with van der Waals surface area (Å²) in [5.41, 5.74) is 6.75. The Kier molecular flexibility index (Phi) is 3.34. The third-order valence-corrected chi connectivity index (χ3v) is 3.11. The highest BCUT2D eigenvalue weighted by Gasteiger charge is 2.12. The number of H-pyrrole nitrogens is 1. The van der Waals surface area contributed by atoms with E-state index in [1.807, 2.05) is 24.3 Å². The summed E-state index contributed by atoms with van der Waals surface area (Å²) in [4.78, 5) is 25.9. The van der Waals surface area contributed by atoms with Crippen LogP contribution in [-0.2, 0) is 0 Å². The number of anilines is 1. The zero-order valence-corrected chi connectivity index (χ0v) is 11.0. The molecule has 1 amide bonds. The summed E-state index contributed by atoms with van der Waals surface area (Å²) in [6.07, 6.45) is 0. The van der Waals surface area contributed by atoms with E-state index in [0.29, 0.717) is 16.8 Å². The molecule has 6 nitrogen and oxygen atoms in total. The topological polar surface area (TPSA) is 86.3 Å². The maximum Gasteiger partial charge on any atom is 0.269 e. The van der Waals surface area contributed by atoms with E-state index in [1.54, 1.807) is 30.3 Å². The van der Waals surface area contributed by atoms with Gasteiger partial charge in [0, 0.05) is 16.5 Å². The fraction of sp³-hybridized carbons (Fsp3) is 0. The number of rotatable bonds is 4. The van der Waals surface area contributed by atoms with Crippen LogP contribution in [0, 0.1) is 4.91 Å². The van der Waals surface area contributed by atoms with E-state index in [9.17, 15) is 9.70 Å². The van der Waals surface area contributed by atoms with Gasteiger partial charge < -0.3 is 4.98 Å². The number of para-hydroxylation sites is 1. The van der Waals surface area contributed by atoms with Gasteiger partial charge in [-0.05, 0) is 23.4 Å². The third kappa shape index (κ3) is 2.46. The van der Waals surface area contributed by atoms with Gasteiger partial charge in [0.15, 0.2) is 11.5 Å². The lowest BCUT2D eigenvalue weighted by atomic mass is 10.2. The quantitative estimate of drug-likeness (QED) is 0.506. The molecule has 3 aromatic rings. The molecule has 3 rings (SSSR count). The molecule has 0 unspecified atom stereocenters. The van der Waals surface area contributed by atoms with Gasteiger partial charge in [0.25, 0.3) is 5.91 Å². The van der Waals surface area contributed by atoms with E-state index in [0.717, 1.165) is 5.52 Å². The van der Waals surface area contributed by atoms with E-state index >= 15 is 0 Å². The van der Waals surface area contributed by atoms with E-state index in [1.165, 1.54) is 0 Å². The molecule has 0 aliphatic carbocycles. The second kappa shape index (κ2) is 5.46. The molecule has 2 aromatic carbocycles. The number of aromatic nitrogens is 1. The van der Waals surface area contributed by atoms with Crippen LogP contribution in [0.2, 0.25) is 0 Å². The number of hydrogen-bond acceptors (Lipinski definition) is 4. The van der Waals surface area contributed by atoms with E-state index in [-0.39, 0.29) is 11.6 Å². The van der Waals surface area contributed by atoms with Crippen LogP contribution in [0.1, 0.15) is 10.4 Å². The van der Waals surface area contributed by atoms with Crippen molar-refractivity contribution in [1.29, 1.82) is 0 Å². The van der Waals surface area contributed by atoms with Crippen molar-refractivity contribution < 1.29 is 4.79 Å². The Balaban J connectivity index is 1.82. The molecule has 0 saturated carbocycles. The van der Waals surface area contributed by atoms with Gasteiger partial charge in [-0.2, -0.15) is 0 Å². The highest BCUT2D eigenvalue weighted by Crippen LogP contribution is 2.33. The maximum absolute atomic E-state index is 11.9. The standard InChI is InChI=1S/C15H12N4O2/c20-15(10-6-2-1-3-7-10)18-17-14-13(19-21)11-8-4-5-9-12(11)16-14/h1-9,16-17H,(H,18,20). The molecule has 0 aliphatic rings. The predicted octanol–water partition coefficient (Wildman–Crippen LogP) is 3.32. The van der Waals surface area contributed by atoms with Crippen LogP contribution < -0.4 is 10.9 Å². The van der Waals surface area contributed by atoms with Gasteiger partial charge in [-0.3, -0.25) is 15.6 Å². The van der Waals surface area contributed by atoms with Crippen LogP contribution in [-0.4, -0.2) is 10.9 Å². The molecule has 21 heavy (non-hydrogen) atoms. The van der Waals surface area contributed by atoms with Crippen molar-refractivity contribution in [1.82, 2.24) is 10.4 Å². The zero-order chi connectivity index (χ0) is 14.7. The number of nitroso groups, excluding NO2 is 1. The summed E-state index contributed by atoms with van der Waals surface area (Å²) in [5, 5.41) is 3.71. The van der Waals surface area contributed by atoms with Crippen molar-refractivity contribution in [2.24, 2.45) is 5.18 Å². The predicted molar refractivity (Wildman–Crippen MR) is 81.3 cm³/mol. The smallest absolute Gasteiger partial charge is 0.269 e. The molecule has 1 aromatic heterocycles. The van der Waals surface area contributed by atoms with Gasteiger partial charge in [-0.25, -0.2) is 0 Å². The average molecular weight is 280 g/mol. The van der Waals surface area contributed by atoms with Crippen LogP contribution in [0.3, 0.4) is 0 Å². The fourth-order valence-corrected chi connectivity index (χ4v) is 2.09. The molecule has 0 saturated heterocycles. The molecule has 0 aliphatic heterocycles. The van der Waals surface area contributed by atoms with Crippen LogP contribution in [0.25, 0.3) is 10.9 Å². The zero-order valence-electron chi connectivity index (χ0n) is 11.0. The van der Waals surface area contributed by atoms with Crippen molar-refractivity contribution >= 4 is 28.3 Å². The van der Waals surface area contributed by atoms with Gasteiger partial charge in [0.05, 0.1) is 0 Å². The minimum Gasteiger partial charge on any atom is -0.338 e. The molecular weight excluding hydrogens is 268 g/mol. The number of nitrogens with zero attached hydrogens (tertiary/aromatic N) is 1. The number of carbonyl (C=O) groups excluding carboxylic acids is 1. The Labute approximate surface area is 120 Å². The number of hydrazine groups is 1. The number of hydrogen-bond donors (Lipinski definition) is 3. The monoisotopic (exact) mass is 280 g/mol. The van der Waals surface area contributed by atoms with E-state index in [2.05, 4.69) is 21.0 Å².